The van der Waals surface area contributed by atoms with Crippen LogP contribution in [0.1, 0.15) is 23.5 Å². The van der Waals surface area contributed by atoms with Gasteiger partial charge in [-0.1, -0.05) is 24.3 Å². The second-order valence-corrected chi connectivity index (χ2v) is 8.07. The largest absolute Gasteiger partial charge is 0.445 e. The van der Waals surface area contributed by atoms with Crippen molar-refractivity contribution in [3.05, 3.63) is 46.4 Å². The Morgan fingerprint density at radius 1 is 1.38 bits per heavy atom. The van der Waals surface area contributed by atoms with Gasteiger partial charge in [0.2, 0.25) is 5.89 Å². The first-order valence-corrected chi connectivity index (χ1v) is 10.0. The average Bonchev–Trinajstić information content (AvgIpc) is 3.32. The average molecular weight is 381 g/mol. The lowest BCUT2D eigenvalue weighted by Gasteiger charge is -2.03. The molecule has 0 aliphatic heterocycles. The number of carbonyl (C=O) groups is 1. The number of aryl methyl sites for hydroxylation is 1. The number of aromatic nitrogens is 2. The van der Waals surface area contributed by atoms with E-state index in [9.17, 15) is 4.79 Å². The van der Waals surface area contributed by atoms with Crippen LogP contribution in [0.2, 0.25) is 0 Å². The summed E-state index contributed by atoms with van der Waals surface area (Å²) in [7, 11) is 0. The van der Waals surface area contributed by atoms with E-state index in [2.05, 4.69) is 20.6 Å². The van der Waals surface area contributed by atoms with Gasteiger partial charge in [-0.25, -0.2) is 14.8 Å². The zero-order valence-corrected chi connectivity index (χ0v) is 15.4. The number of thiophene rings is 1. The number of amides is 2. The maximum atomic E-state index is 11.8. The van der Waals surface area contributed by atoms with Crippen LogP contribution in [-0.2, 0) is 18.7 Å². The number of rotatable bonds is 7. The molecule has 0 aromatic carbocycles. The molecule has 0 atom stereocenters. The molecule has 0 aliphatic rings. The Hall–Kier alpha value is -1.84. The molecule has 2 amide bonds. The number of oxazole rings is 1. The van der Waals surface area contributed by atoms with Gasteiger partial charge in [-0.3, -0.25) is 5.32 Å². The van der Waals surface area contributed by atoms with E-state index in [4.69, 9.17) is 4.42 Å². The molecular weight excluding hydrogens is 364 g/mol. The molecule has 0 bridgehead atoms. The molecule has 3 aromatic heterocycles. The molecule has 0 saturated heterocycles. The first-order chi connectivity index (χ1) is 11.7. The summed E-state index contributed by atoms with van der Waals surface area (Å²) < 4.78 is 6.57. The molecule has 0 unspecified atom stereocenters. The lowest BCUT2D eigenvalue weighted by Crippen LogP contribution is -2.27. The predicted molar refractivity (Wildman–Crippen MR) is 97.7 cm³/mol. The van der Waals surface area contributed by atoms with Crippen LogP contribution < -0.4 is 10.6 Å². The molecule has 6 nitrogen and oxygen atoms in total. The number of urea groups is 1. The van der Waals surface area contributed by atoms with Crippen LogP contribution >= 0.6 is 34.4 Å². The van der Waals surface area contributed by atoms with Crippen LogP contribution in [-0.4, -0.2) is 16.0 Å². The van der Waals surface area contributed by atoms with Gasteiger partial charge in [-0.2, -0.15) is 0 Å². The Morgan fingerprint density at radius 3 is 3.04 bits per heavy atom. The zero-order chi connectivity index (χ0) is 16.8. The summed E-state index contributed by atoms with van der Waals surface area (Å²) in [5.74, 6) is 2.24. The van der Waals surface area contributed by atoms with E-state index < -0.39 is 0 Å². The van der Waals surface area contributed by atoms with E-state index >= 15 is 0 Å². The summed E-state index contributed by atoms with van der Waals surface area (Å²) >= 11 is 4.63. The summed E-state index contributed by atoms with van der Waals surface area (Å²) in [6, 6.07) is 3.69. The first kappa shape index (κ1) is 17.0. The Bertz CT molecular complexity index is 782. The number of hydrogen-bond donors (Lipinski definition) is 2. The van der Waals surface area contributed by atoms with Crippen LogP contribution in [0.4, 0.5) is 9.93 Å². The third-order valence-corrected chi connectivity index (χ3v) is 5.96. The van der Waals surface area contributed by atoms with E-state index in [1.54, 1.807) is 35.5 Å². The Labute approximate surface area is 151 Å². The van der Waals surface area contributed by atoms with Gasteiger partial charge in [0.15, 0.2) is 5.13 Å². The van der Waals surface area contributed by atoms with Gasteiger partial charge in [0.1, 0.15) is 5.76 Å². The number of nitrogens with zero attached hydrogens (tertiary/aromatic N) is 2. The fourth-order valence-electron chi connectivity index (χ4n) is 1.82. The highest BCUT2D eigenvalue weighted by molar-refractivity contribution is 8.00. The number of thioether (sulfide) groups is 1. The molecule has 2 N–H and O–H groups in total. The lowest BCUT2D eigenvalue weighted by atomic mass is 10.4. The molecule has 0 radical (unpaired) electrons. The highest BCUT2D eigenvalue weighted by Gasteiger charge is 2.09. The predicted octanol–water partition coefficient (Wildman–Crippen LogP) is 4.37. The topological polar surface area (TPSA) is 80.0 Å². The van der Waals surface area contributed by atoms with Crippen molar-refractivity contribution in [3.8, 4) is 0 Å². The van der Waals surface area contributed by atoms with E-state index in [1.807, 2.05) is 24.4 Å². The normalized spacial score (nSPS) is 10.7. The van der Waals surface area contributed by atoms with Crippen LogP contribution in [0.5, 0.6) is 0 Å². The summed E-state index contributed by atoms with van der Waals surface area (Å²) in [6.45, 7) is 2.54. The molecule has 126 valence electrons. The molecule has 0 fully saturated rings. The Kier molecular flexibility index (Phi) is 5.89. The van der Waals surface area contributed by atoms with Crippen molar-refractivity contribution in [2.45, 2.75) is 29.9 Å². The Balaban J connectivity index is 1.45. The molecule has 3 heterocycles. The summed E-state index contributed by atoms with van der Waals surface area (Å²) in [6.07, 6.45) is 4.34. The van der Waals surface area contributed by atoms with E-state index in [-0.39, 0.29) is 6.03 Å². The molecule has 24 heavy (non-hydrogen) atoms. The van der Waals surface area contributed by atoms with Crippen LogP contribution in [0, 0.1) is 0 Å². The van der Waals surface area contributed by atoms with Crippen molar-refractivity contribution in [2.75, 3.05) is 5.32 Å². The third-order valence-electron chi connectivity index (χ3n) is 3.00. The first-order valence-electron chi connectivity index (χ1n) is 7.32. The van der Waals surface area contributed by atoms with E-state index in [0.29, 0.717) is 23.3 Å². The van der Waals surface area contributed by atoms with Gasteiger partial charge in [0, 0.05) is 11.3 Å². The minimum Gasteiger partial charge on any atom is -0.445 e. The molecular formula is C15H16N4O2S3. The maximum Gasteiger partial charge on any atom is 0.321 e. The number of hydrogen-bond acceptors (Lipinski definition) is 7. The van der Waals surface area contributed by atoms with Crippen molar-refractivity contribution in [2.24, 2.45) is 0 Å². The monoisotopic (exact) mass is 380 g/mol. The van der Waals surface area contributed by atoms with Gasteiger partial charge in [-0.15, -0.1) is 23.1 Å². The van der Waals surface area contributed by atoms with Gasteiger partial charge in [0.05, 0.1) is 28.9 Å². The SMILES string of the molecule is CCc1cnc(CSc2cnc(NC(=O)NCc3cccs3)s2)o1. The van der Waals surface area contributed by atoms with Gasteiger partial charge < -0.3 is 9.73 Å². The van der Waals surface area contributed by atoms with Crippen LogP contribution in [0.3, 0.4) is 0 Å². The maximum absolute atomic E-state index is 11.8. The van der Waals surface area contributed by atoms with Gasteiger partial charge in [-0.05, 0) is 11.4 Å². The fraction of sp³-hybridized carbons (Fsp3) is 0.267. The number of anilines is 1. The molecule has 3 rings (SSSR count). The Morgan fingerprint density at radius 2 is 2.29 bits per heavy atom. The highest BCUT2D eigenvalue weighted by Crippen LogP contribution is 2.30. The summed E-state index contributed by atoms with van der Waals surface area (Å²) in [5.41, 5.74) is 0. The minimum atomic E-state index is -0.255. The van der Waals surface area contributed by atoms with Crippen molar-refractivity contribution < 1.29 is 9.21 Å². The summed E-state index contributed by atoms with van der Waals surface area (Å²) in [4.78, 5) is 21.4. The van der Waals surface area contributed by atoms with Crippen molar-refractivity contribution in [1.29, 1.82) is 0 Å². The van der Waals surface area contributed by atoms with Crippen molar-refractivity contribution in [1.82, 2.24) is 15.3 Å². The number of thiazole rings is 1. The molecule has 0 aliphatic carbocycles. The van der Waals surface area contributed by atoms with Crippen LogP contribution in [0.15, 0.2) is 38.5 Å². The minimum absolute atomic E-state index is 0.255. The highest BCUT2D eigenvalue weighted by atomic mass is 32.2. The lowest BCUT2D eigenvalue weighted by molar-refractivity contribution is 0.252. The van der Waals surface area contributed by atoms with Crippen LogP contribution in [0.25, 0.3) is 0 Å². The smallest absolute Gasteiger partial charge is 0.321 e. The zero-order valence-electron chi connectivity index (χ0n) is 12.9. The number of carbonyl (C=O) groups excluding carboxylic acids is 1. The summed E-state index contributed by atoms with van der Waals surface area (Å²) in [5, 5.41) is 8.11. The van der Waals surface area contributed by atoms with E-state index in [1.165, 1.54) is 11.3 Å². The molecule has 0 spiro atoms. The molecule has 9 heteroatoms. The fourth-order valence-corrected chi connectivity index (χ4v) is 4.18. The standard InChI is InChI=1S/C15H16N4O2S3/c1-2-10-6-16-12(21-10)9-23-13-8-18-15(24-13)19-14(20)17-7-11-4-3-5-22-11/h3-6,8H,2,7,9H2,1H3,(H2,17,18,19,20). The van der Waals surface area contributed by atoms with Gasteiger partial charge >= 0.3 is 6.03 Å². The third kappa shape index (κ3) is 4.83. The van der Waals surface area contributed by atoms with Crippen molar-refractivity contribution in [3.63, 3.8) is 0 Å². The second kappa shape index (κ2) is 8.32. The number of nitrogens with one attached hydrogen (secondary N) is 2. The quantitative estimate of drug-likeness (QED) is 0.595. The van der Waals surface area contributed by atoms with E-state index in [0.717, 1.165) is 21.3 Å². The second-order valence-electron chi connectivity index (χ2n) is 4.73. The molecule has 0 saturated carbocycles. The van der Waals surface area contributed by atoms with Gasteiger partial charge in [0.25, 0.3) is 0 Å². The molecule has 3 aromatic rings. The van der Waals surface area contributed by atoms with Crippen molar-refractivity contribution >= 4 is 45.6 Å².